The van der Waals surface area contributed by atoms with E-state index in [-0.39, 0.29) is 5.91 Å². The van der Waals surface area contributed by atoms with Crippen molar-refractivity contribution in [3.05, 3.63) is 102 Å². The fraction of sp³-hybridized carbons (Fsp3) is 0.267. The van der Waals surface area contributed by atoms with E-state index in [1.165, 1.54) is 0 Å². The summed E-state index contributed by atoms with van der Waals surface area (Å²) in [4.78, 5) is 20.0. The molecule has 3 N–H and O–H groups in total. The Morgan fingerprint density at radius 1 is 0.944 bits per heavy atom. The molecule has 1 heterocycles. The van der Waals surface area contributed by atoms with Gasteiger partial charge in [0, 0.05) is 17.5 Å². The Morgan fingerprint density at radius 3 is 2.50 bits per heavy atom. The zero-order chi connectivity index (χ0) is 25.3. The summed E-state index contributed by atoms with van der Waals surface area (Å²) >= 11 is 0. The van der Waals surface area contributed by atoms with Crippen molar-refractivity contribution in [3.8, 4) is 0 Å². The van der Waals surface area contributed by atoms with Crippen LogP contribution in [0.2, 0.25) is 0 Å². The maximum Gasteiger partial charge on any atom is 0.255 e. The fourth-order valence-electron chi connectivity index (χ4n) is 4.39. The molecule has 1 atom stereocenters. The Balaban J connectivity index is 1.47. The monoisotopic (exact) mass is 482 g/mol. The minimum absolute atomic E-state index is 0.358. The van der Waals surface area contributed by atoms with Gasteiger partial charge in [0.1, 0.15) is 0 Å². The van der Waals surface area contributed by atoms with Crippen molar-refractivity contribution in [1.29, 1.82) is 0 Å². The molecule has 0 radical (unpaired) electrons. The van der Waals surface area contributed by atoms with Crippen molar-refractivity contribution >= 4 is 28.2 Å². The minimum atomic E-state index is -1.11. The van der Waals surface area contributed by atoms with E-state index in [2.05, 4.69) is 40.4 Å². The lowest BCUT2D eigenvalue weighted by atomic mass is 10.1. The van der Waals surface area contributed by atoms with E-state index >= 15 is 0 Å². The van der Waals surface area contributed by atoms with Crippen molar-refractivity contribution in [2.24, 2.45) is 0 Å². The summed E-state index contributed by atoms with van der Waals surface area (Å²) in [7, 11) is 0. The van der Waals surface area contributed by atoms with Crippen molar-refractivity contribution < 1.29 is 9.90 Å². The maximum absolute atomic E-state index is 13.1. The van der Waals surface area contributed by atoms with Gasteiger partial charge in [-0.3, -0.25) is 14.7 Å². The molecule has 1 aromatic heterocycles. The van der Waals surface area contributed by atoms with Gasteiger partial charge in [-0.25, -0.2) is 0 Å². The SMILES string of the molecule is CCCN(CCC)Cc1cccc(C(O)NC(=O)c2ccccc2Nc2cnc3ccccc3c2)c1. The predicted octanol–water partition coefficient (Wildman–Crippen LogP) is 6.02. The van der Waals surface area contributed by atoms with Gasteiger partial charge in [-0.1, -0.05) is 68.4 Å². The Labute approximate surface area is 213 Å². The molecule has 0 fully saturated rings. The third-order valence-electron chi connectivity index (χ3n) is 6.06. The summed E-state index contributed by atoms with van der Waals surface area (Å²) < 4.78 is 0. The lowest BCUT2D eigenvalue weighted by Crippen LogP contribution is -2.29. The Bertz CT molecular complexity index is 1300. The van der Waals surface area contributed by atoms with Gasteiger partial charge in [0.05, 0.1) is 28.7 Å². The van der Waals surface area contributed by atoms with Gasteiger partial charge >= 0.3 is 0 Å². The van der Waals surface area contributed by atoms with E-state index in [4.69, 9.17) is 0 Å². The second-order valence-electron chi connectivity index (χ2n) is 8.98. The molecule has 0 saturated carbocycles. The molecule has 4 aromatic rings. The van der Waals surface area contributed by atoms with Gasteiger partial charge in [-0.2, -0.15) is 0 Å². The lowest BCUT2D eigenvalue weighted by Gasteiger charge is -2.22. The van der Waals surface area contributed by atoms with Crippen molar-refractivity contribution in [1.82, 2.24) is 15.2 Å². The van der Waals surface area contributed by atoms with Crippen molar-refractivity contribution in [2.45, 2.75) is 39.5 Å². The minimum Gasteiger partial charge on any atom is -0.369 e. The highest BCUT2D eigenvalue weighted by molar-refractivity contribution is 6.00. The van der Waals surface area contributed by atoms with Crippen LogP contribution < -0.4 is 10.6 Å². The Morgan fingerprint density at radius 2 is 1.69 bits per heavy atom. The standard InChI is InChI=1S/C30H34N4O2/c1-3-16-34(17-4-2)21-22-10-9-12-24(18-22)29(35)33-30(36)26-13-6-8-15-28(26)32-25-19-23-11-5-7-14-27(23)31-20-25/h5-15,18-20,29,32,35H,3-4,16-17,21H2,1-2H3,(H,33,36). The average molecular weight is 483 g/mol. The average Bonchev–Trinajstić information content (AvgIpc) is 2.89. The maximum atomic E-state index is 13.1. The molecule has 36 heavy (non-hydrogen) atoms. The molecule has 3 aromatic carbocycles. The summed E-state index contributed by atoms with van der Waals surface area (Å²) in [5.74, 6) is -0.358. The number of para-hydroxylation sites is 2. The van der Waals surface area contributed by atoms with E-state index in [0.717, 1.165) is 54.6 Å². The number of benzene rings is 3. The molecule has 6 nitrogen and oxygen atoms in total. The van der Waals surface area contributed by atoms with Crippen LogP contribution in [0, 0.1) is 0 Å². The van der Waals surface area contributed by atoms with Crippen LogP contribution in [0.15, 0.2) is 85.1 Å². The largest absolute Gasteiger partial charge is 0.369 e. The number of anilines is 2. The van der Waals surface area contributed by atoms with E-state index < -0.39 is 6.23 Å². The van der Waals surface area contributed by atoms with Gasteiger partial charge < -0.3 is 15.7 Å². The first-order chi connectivity index (χ1) is 17.6. The number of aliphatic hydroxyl groups is 1. The molecule has 6 heteroatoms. The van der Waals surface area contributed by atoms with Crippen LogP contribution in [0.3, 0.4) is 0 Å². The van der Waals surface area contributed by atoms with Crippen LogP contribution in [0.5, 0.6) is 0 Å². The molecule has 0 aliphatic carbocycles. The zero-order valence-electron chi connectivity index (χ0n) is 20.9. The van der Waals surface area contributed by atoms with Gasteiger partial charge in [0.25, 0.3) is 5.91 Å². The normalized spacial score (nSPS) is 12.0. The van der Waals surface area contributed by atoms with E-state index in [9.17, 15) is 9.90 Å². The number of hydrogen-bond acceptors (Lipinski definition) is 5. The first kappa shape index (κ1) is 25.4. The van der Waals surface area contributed by atoms with Crippen LogP contribution in [-0.4, -0.2) is 34.0 Å². The van der Waals surface area contributed by atoms with Gasteiger partial charge in [-0.05, 0) is 55.8 Å². The molecule has 0 aliphatic rings. The summed E-state index contributed by atoms with van der Waals surface area (Å²) in [5, 5.41) is 17.9. The molecule has 0 aliphatic heterocycles. The molecule has 1 amide bonds. The molecule has 0 saturated heterocycles. The molecule has 1 unspecified atom stereocenters. The number of carbonyl (C=O) groups is 1. The highest BCUT2D eigenvalue weighted by Gasteiger charge is 2.17. The molecular formula is C30H34N4O2. The molecule has 0 spiro atoms. The third-order valence-corrected chi connectivity index (χ3v) is 6.06. The second kappa shape index (κ2) is 12.3. The number of aliphatic hydroxyl groups excluding tert-OH is 1. The number of amides is 1. The number of hydrogen-bond donors (Lipinski definition) is 3. The Kier molecular flexibility index (Phi) is 8.66. The first-order valence-electron chi connectivity index (χ1n) is 12.6. The third kappa shape index (κ3) is 6.47. The summed E-state index contributed by atoms with van der Waals surface area (Å²) in [5.41, 5.74) is 4.56. The fourth-order valence-corrected chi connectivity index (χ4v) is 4.39. The lowest BCUT2D eigenvalue weighted by molar-refractivity contribution is 0.0784. The highest BCUT2D eigenvalue weighted by atomic mass is 16.3. The number of nitrogens with zero attached hydrogens (tertiary/aromatic N) is 2. The number of carbonyl (C=O) groups excluding carboxylic acids is 1. The topological polar surface area (TPSA) is 77.5 Å². The van der Waals surface area contributed by atoms with Gasteiger partial charge in [0.15, 0.2) is 6.23 Å². The second-order valence-corrected chi connectivity index (χ2v) is 8.98. The quantitative estimate of drug-likeness (QED) is 0.228. The summed E-state index contributed by atoms with van der Waals surface area (Å²) in [6, 6.07) is 24.9. The van der Waals surface area contributed by atoms with Crippen molar-refractivity contribution in [2.75, 3.05) is 18.4 Å². The number of aromatic nitrogens is 1. The molecule has 4 rings (SSSR count). The smallest absolute Gasteiger partial charge is 0.255 e. The number of fused-ring (bicyclic) bond motifs is 1. The van der Waals surface area contributed by atoms with Crippen LogP contribution in [-0.2, 0) is 6.54 Å². The van der Waals surface area contributed by atoms with E-state index in [1.54, 1.807) is 12.3 Å². The van der Waals surface area contributed by atoms with Gasteiger partial charge in [-0.15, -0.1) is 0 Å². The van der Waals surface area contributed by atoms with Crippen LogP contribution in [0.25, 0.3) is 10.9 Å². The zero-order valence-corrected chi connectivity index (χ0v) is 20.9. The van der Waals surface area contributed by atoms with E-state index in [0.29, 0.717) is 16.8 Å². The Hall–Kier alpha value is -3.74. The first-order valence-corrected chi connectivity index (χ1v) is 12.6. The predicted molar refractivity (Wildman–Crippen MR) is 146 cm³/mol. The van der Waals surface area contributed by atoms with Gasteiger partial charge in [0.2, 0.25) is 0 Å². The number of pyridine rings is 1. The van der Waals surface area contributed by atoms with Crippen LogP contribution in [0.1, 0.15) is 54.4 Å². The molecular weight excluding hydrogens is 448 g/mol. The van der Waals surface area contributed by atoms with Crippen LogP contribution in [0.4, 0.5) is 11.4 Å². The number of nitrogens with one attached hydrogen (secondary N) is 2. The highest BCUT2D eigenvalue weighted by Crippen LogP contribution is 2.24. The van der Waals surface area contributed by atoms with Crippen molar-refractivity contribution in [3.63, 3.8) is 0 Å². The van der Waals surface area contributed by atoms with Crippen LogP contribution >= 0.6 is 0 Å². The summed E-state index contributed by atoms with van der Waals surface area (Å²) in [6.07, 6.45) is 2.83. The molecule has 0 bridgehead atoms. The summed E-state index contributed by atoms with van der Waals surface area (Å²) in [6.45, 7) is 7.26. The molecule has 186 valence electrons. The van der Waals surface area contributed by atoms with E-state index in [1.807, 2.05) is 66.7 Å². The number of rotatable bonds is 11.